The third-order valence-corrected chi connectivity index (χ3v) is 3.35. The molecular formula is C16H13NO5. The fourth-order valence-electron chi connectivity index (χ4n) is 2.21. The highest BCUT2D eigenvalue weighted by Crippen LogP contribution is 2.15. The van der Waals surface area contributed by atoms with Crippen LogP contribution in [-0.2, 0) is 11.3 Å². The molecule has 6 heteroatoms. The van der Waals surface area contributed by atoms with Crippen molar-refractivity contribution in [3.8, 4) is 0 Å². The van der Waals surface area contributed by atoms with Gasteiger partial charge in [-0.25, -0.2) is 4.79 Å². The third kappa shape index (κ3) is 2.39. The zero-order valence-electron chi connectivity index (χ0n) is 12.1. The van der Waals surface area contributed by atoms with E-state index in [4.69, 9.17) is 13.7 Å². The molecule has 3 aromatic rings. The lowest BCUT2D eigenvalue weighted by atomic mass is 10.2. The van der Waals surface area contributed by atoms with Crippen molar-refractivity contribution in [1.82, 2.24) is 5.16 Å². The molecule has 0 atom stereocenters. The predicted molar refractivity (Wildman–Crippen MR) is 77.6 cm³/mol. The third-order valence-electron chi connectivity index (χ3n) is 3.35. The number of para-hydroxylation sites is 1. The number of hydrogen-bond acceptors (Lipinski definition) is 6. The molecule has 0 aliphatic carbocycles. The Labute approximate surface area is 125 Å². The van der Waals surface area contributed by atoms with Gasteiger partial charge in [0.05, 0.1) is 16.6 Å². The molecule has 0 radical (unpaired) electrons. The summed E-state index contributed by atoms with van der Waals surface area (Å²) in [6.45, 7) is 3.11. The molecular weight excluding hydrogens is 286 g/mol. The van der Waals surface area contributed by atoms with E-state index in [1.165, 1.54) is 6.26 Å². The van der Waals surface area contributed by atoms with Crippen molar-refractivity contribution in [2.45, 2.75) is 20.5 Å². The minimum atomic E-state index is -0.580. The van der Waals surface area contributed by atoms with E-state index in [9.17, 15) is 9.59 Å². The number of aryl methyl sites for hydroxylation is 2. The molecule has 0 spiro atoms. The van der Waals surface area contributed by atoms with Gasteiger partial charge in [-0.15, -0.1) is 0 Å². The summed E-state index contributed by atoms with van der Waals surface area (Å²) in [7, 11) is 0. The second-order valence-electron chi connectivity index (χ2n) is 4.86. The van der Waals surface area contributed by atoms with Gasteiger partial charge in [-0.2, -0.15) is 0 Å². The number of hydrogen-bond donors (Lipinski definition) is 0. The number of nitrogens with zero attached hydrogens (tertiary/aromatic N) is 1. The summed E-state index contributed by atoms with van der Waals surface area (Å²) in [5, 5.41) is 4.15. The van der Waals surface area contributed by atoms with Crippen LogP contribution in [0.5, 0.6) is 0 Å². The van der Waals surface area contributed by atoms with Gasteiger partial charge in [0.2, 0.25) is 0 Å². The van der Waals surface area contributed by atoms with E-state index in [1.807, 2.05) is 0 Å². The Bertz CT molecular complexity index is 887. The molecule has 3 rings (SSSR count). The van der Waals surface area contributed by atoms with Crippen molar-refractivity contribution in [3.05, 3.63) is 63.3 Å². The van der Waals surface area contributed by atoms with Gasteiger partial charge in [-0.3, -0.25) is 4.79 Å². The first-order valence-corrected chi connectivity index (χ1v) is 6.67. The summed E-state index contributed by atoms with van der Waals surface area (Å²) in [6, 6.07) is 6.90. The lowest BCUT2D eigenvalue weighted by molar-refractivity contribution is 0.0467. The van der Waals surface area contributed by atoms with Crippen LogP contribution in [0, 0.1) is 13.8 Å². The van der Waals surface area contributed by atoms with Gasteiger partial charge in [-0.1, -0.05) is 17.3 Å². The van der Waals surface area contributed by atoms with Crippen molar-refractivity contribution < 1.29 is 18.5 Å². The van der Waals surface area contributed by atoms with E-state index in [0.717, 1.165) is 0 Å². The number of carbonyl (C=O) groups is 1. The average Bonchev–Trinajstić information content (AvgIpc) is 2.86. The Hall–Kier alpha value is -2.89. The molecule has 112 valence electrons. The van der Waals surface area contributed by atoms with Gasteiger partial charge >= 0.3 is 5.97 Å². The fourth-order valence-corrected chi connectivity index (χ4v) is 2.21. The number of rotatable bonds is 3. The average molecular weight is 299 g/mol. The van der Waals surface area contributed by atoms with Gasteiger partial charge in [0.25, 0.3) is 0 Å². The van der Waals surface area contributed by atoms with Crippen LogP contribution in [0.25, 0.3) is 11.0 Å². The fraction of sp³-hybridized carbons (Fsp3) is 0.188. The van der Waals surface area contributed by atoms with Gasteiger partial charge in [0, 0.05) is 0 Å². The quantitative estimate of drug-likeness (QED) is 0.691. The van der Waals surface area contributed by atoms with E-state index < -0.39 is 5.97 Å². The number of benzene rings is 1. The van der Waals surface area contributed by atoms with E-state index >= 15 is 0 Å². The molecule has 0 bridgehead atoms. The van der Waals surface area contributed by atoms with Crippen LogP contribution in [0.4, 0.5) is 0 Å². The summed E-state index contributed by atoms with van der Waals surface area (Å²) in [6.07, 6.45) is 1.31. The summed E-state index contributed by atoms with van der Waals surface area (Å²) < 4.78 is 15.5. The predicted octanol–water partition coefficient (Wildman–Crippen LogP) is 2.75. The van der Waals surface area contributed by atoms with Crippen LogP contribution >= 0.6 is 0 Å². The number of ether oxygens (including phenoxy) is 1. The van der Waals surface area contributed by atoms with Crippen LogP contribution in [0.3, 0.4) is 0 Å². The minimum Gasteiger partial charge on any atom is -0.464 e. The van der Waals surface area contributed by atoms with E-state index in [2.05, 4.69) is 5.16 Å². The number of esters is 1. The zero-order chi connectivity index (χ0) is 15.7. The first-order valence-electron chi connectivity index (χ1n) is 6.67. The van der Waals surface area contributed by atoms with Gasteiger partial charge in [0.15, 0.2) is 5.43 Å². The van der Waals surface area contributed by atoms with E-state index in [0.29, 0.717) is 22.4 Å². The highest BCUT2D eigenvalue weighted by molar-refractivity contribution is 5.91. The molecule has 0 unspecified atom stereocenters. The number of fused-ring (bicyclic) bond motifs is 1. The van der Waals surface area contributed by atoms with Crippen molar-refractivity contribution >= 4 is 16.9 Å². The number of aromatic nitrogens is 1. The normalized spacial score (nSPS) is 10.8. The first-order chi connectivity index (χ1) is 10.6. The van der Waals surface area contributed by atoms with Crippen LogP contribution in [0.15, 0.2) is 44.3 Å². The maximum atomic E-state index is 12.3. The highest BCUT2D eigenvalue weighted by Gasteiger charge is 2.19. The summed E-state index contributed by atoms with van der Waals surface area (Å²) in [5.74, 6) is -0.197. The van der Waals surface area contributed by atoms with Crippen molar-refractivity contribution in [2.24, 2.45) is 0 Å². The van der Waals surface area contributed by atoms with Crippen molar-refractivity contribution in [1.29, 1.82) is 0 Å². The van der Waals surface area contributed by atoms with Crippen LogP contribution in [0.2, 0.25) is 0 Å². The molecule has 0 saturated carbocycles. The molecule has 6 nitrogen and oxygen atoms in total. The molecule has 2 aromatic heterocycles. The molecule has 0 aliphatic heterocycles. The SMILES string of the molecule is Cc1noc(C)c1C(=O)OCc1coc2ccccc2c1=O. The standard InChI is InChI=1S/C16H13NO5/c1-9-14(10(2)22-17-9)16(19)21-8-11-7-20-13-6-4-3-5-12(13)15(11)18/h3-7H,8H2,1-2H3. The Kier molecular flexibility index (Phi) is 3.50. The minimum absolute atomic E-state index is 0.171. The summed E-state index contributed by atoms with van der Waals surface area (Å²) in [4.78, 5) is 24.3. The smallest absolute Gasteiger partial charge is 0.344 e. The molecule has 0 fully saturated rings. The maximum Gasteiger partial charge on any atom is 0.344 e. The Balaban J connectivity index is 1.84. The van der Waals surface area contributed by atoms with E-state index in [1.54, 1.807) is 38.1 Å². The van der Waals surface area contributed by atoms with Gasteiger partial charge in [-0.05, 0) is 26.0 Å². The monoisotopic (exact) mass is 299 g/mol. The zero-order valence-corrected chi connectivity index (χ0v) is 12.1. The molecule has 0 N–H and O–H groups in total. The topological polar surface area (TPSA) is 82.5 Å². The molecule has 0 aliphatic rings. The number of carbonyl (C=O) groups excluding carboxylic acids is 1. The van der Waals surface area contributed by atoms with Gasteiger partial charge < -0.3 is 13.7 Å². The van der Waals surface area contributed by atoms with Crippen molar-refractivity contribution in [3.63, 3.8) is 0 Å². The van der Waals surface area contributed by atoms with Crippen LogP contribution in [-0.4, -0.2) is 11.1 Å². The molecule has 22 heavy (non-hydrogen) atoms. The Morgan fingerprint density at radius 1 is 1.27 bits per heavy atom. The largest absolute Gasteiger partial charge is 0.464 e. The van der Waals surface area contributed by atoms with Crippen LogP contribution in [0.1, 0.15) is 27.4 Å². The highest BCUT2D eigenvalue weighted by atomic mass is 16.5. The Morgan fingerprint density at radius 3 is 2.77 bits per heavy atom. The van der Waals surface area contributed by atoms with Crippen LogP contribution < -0.4 is 5.43 Å². The lowest BCUT2D eigenvalue weighted by Gasteiger charge is -2.04. The molecule has 0 saturated heterocycles. The lowest BCUT2D eigenvalue weighted by Crippen LogP contribution is -2.13. The van der Waals surface area contributed by atoms with E-state index in [-0.39, 0.29) is 23.2 Å². The molecule has 0 amide bonds. The van der Waals surface area contributed by atoms with Gasteiger partial charge in [0.1, 0.15) is 29.8 Å². The second-order valence-corrected chi connectivity index (χ2v) is 4.86. The summed E-state index contributed by atoms with van der Waals surface area (Å²) >= 11 is 0. The molecule has 2 heterocycles. The first kappa shape index (κ1) is 14.1. The van der Waals surface area contributed by atoms with Crippen molar-refractivity contribution in [2.75, 3.05) is 0 Å². The summed E-state index contributed by atoms with van der Waals surface area (Å²) in [5.41, 5.74) is 1.29. The maximum absolute atomic E-state index is 12.3. The second kappa shape index (κ2) is 5.48. The molecule has 1 aromatic carbocycles. The Morgan fingerprint density at radius 2 is 2.05 bits per heavy atom.